The minimum absolute atomic E-state index is 0.197. The highest BCUT2D eigenvalue weighted by atomic mass is 16.7. The first-order valence-electron chi connectivity index (χ1n) is 5.44. The maximum Gasteiger partial charge on any atom is 0.163 e. The lowest BCUT2D eigenvalue weighted by Gasteiger charge is -2.16. The van der Waals surface area contributed by atoms with E-state index in [4.69, 9.17) is 9.47 Å². The van der Waals surface area contributed by atoms with Crippen LogP contribution in [0.3, 0.4) is 0 Å². The quantitative estimate of drug-likeness (QED) is 0.645. The Morgan fingerprint density at radius 1 is 1.29 bits per heavy atom. The first-order chi connectivity index (χ1) is 6.44. The summed E-state index contributed by atoms with van der Waals surface area (Å²) in [4.78, 5) is 0. The van der Waals surface area contributed by atoms with Gasteiger partial charge < -0.3 is 9.47 Å². The first kappa shape index (κ1) is 11.7. The number of ether oxygens (including phenoxy) is 2. The highest BCUT2D eigenvalue weighted by Crippen LogP contribution is 2.33. The molecule has 0 amide bonds. The number of rotatable bonds is 4. The van der Waals surface area contributed by atoms with E-state index in [0.717, 1.165) is 24.8 Å². The second-order valence-electron chi connectivity index (χ2n) is 4.66. The van der Waals surface area contributed by atoms with E-state index in [9.17, 15) is 0 Å². The SMILES string of the molecule is C=C(C)CC1OC(C)(C)O[C@H]1CCC. The molecule has 2 nitrogen and oxygen atoms in total. The molecule has 2 heteroatoms. The summed E-state index contributed by atoms with van der Waals surface area (Å²) in [5.74, 6) is -0.417. The van der Waals surface area contributed by atoms with E-state index in [0.29, 0.717) is 0 Å². The maximum atomic E-state index is 5.84. The van der Waals surface area contributed by atoms with Crippen LogP contribution in [0.2, 0.25) is 0 Å². The zero-order chi connectivity index (χ0) is 10.8. The third-order valence-electron chi connectivity index (χ3n) is 2.41. The molecule has 0 aliphatic carbocycles. The lowest BCUT2D eigenvalue weighted by molar-refractivity contribution is -0.146. The Bertz CT molecular complexity index is 208. The Morgan fingerprint density at radius 2 is 1.86 bits per heavy atom. The Kier molecular flexibility index (Phi) is 3.73. The summed E-state index contributed by atoms with van der Waals surface area (Å²) in [6.07, 6.45) is 3.56. The van der Waals surface area contributed by atoms with Crippen molar-refractivity contribution in [1.82, 2.24) is 0 Å². The molecule has 1 aliphatic rings. The molecule has 1 unspecified atom stereocenters. The smallest absolute Gasteiger partial charge is 0.163 e. The first-order valence-corrected chi connectivity index (χ1v) is 5.44. The Balaban J connectivity index is 2.57. The summed E-state index contributed by atoms with van der Waals surface area (Å²) in [7, 11) is 0. The van der Waals surface area contributed by atoms with Crippen molar-refractivity contribution in [3.8, 4) is 0 Å². The Morgan fingerprint density at radius 3 is 2.36 bits per heavy atom. The zero-order valence-electron chi connectivity index (χ0n) is 9.80. The van der Waals surface area contributed by atoms with Crippen LogP contribution >= 0.6 is 0 Å². The molecular weight excluding hydrogens is 176 g/mol. The van der Waals surface area contributed by atoms with Crippen LogP contribution in [0.15, 0.2) is 12.2 Å². The van der Waals surface area contributed by atoms with Gasteiger partial charge in [0, 0.05) is 0 Å². The van der Waals surface area contributed by atoms with Gasteiger partial charge in [0.2, 0.25) is 0 Å². The molecule has 0 radical (unpaired) electrons. The Hall–Kier alpha value is -0.340. The number of hydrogen-bond donors (Lipinski definition) is 0. The van der Waals surface area contributed by atoms with Crippen molar-refractivity contribution in [2.45, 2.75) is 65.0 Å². The molecule has 1 rings (SSSR count). The largest absolute Gasteiger partial charge is 0.345 e. The van der Waals surface area contributed by atoms with E-state index in [1.165, 1.54) is 0 Å². The summed E-state index contributed by atoms with van der Waals surface area (Å²) in [5.41, 5.74) is 1.16. The van der Waals surface area contributed by atoms with Crippen LogP contribution in [0, 0.1) is 0 Å². The van der Waals surface area contributed by atoms with E-state index in [2.05, 4.69) is 13.5 Å². The average molecular weight is 198 g/mol. The molecule has 1 fully saturated rings. The van der Waals surface area contributed by atoms with Crippen LogP contribution in [0.1, 0.15) is 47.0 Å². The molecule has 0 spiro atoms. The third-order valence-corrected chi connectivity index (χ3v) is 2.41. The summed E-state index contributed by atoms with van der Waals surface area (Å²) in [5, 5.41) is 0. The minimum atomic E-state index is -0.417. The van der Waals surface area contributed by atoms with Gasteiger partial charge in [-0.15, -0.1) is 6.58 Å². The van der Waals surface area contributed by atoms with E-state index in [1.807, 2.05) is 20.8 Å². The molecule has 82 valence electrons. The summed E-state index contributed by atoms with van der Waals surface area (Å²) in [6.45, 7) is 12.1. The van der Waals surface area contributed by atoms with Gasteiger partial charge in [0.1, 0.15) is 0 Å². The lowest BCUT2D eigenvalue weighted by Crippen LogP contribution is -2.22. The molecular formula is C12H22O2. The molecule has 0 bridgehead atoms. The second kappa shape index (κ2) is 4.45. The highest BCUT2D eigenvalue weighted by Gasteiger charge is 2.40. The fraction of sp³-hybridized carbons (Fsp3) is 0.833. The molecule has 0 aromatic carbocycles. The van der Waals surface area contributed by atoms with Crippen molar-refractivity contribution >= 4 is 0 Å². The zero-order valence-corrected chi connectivity index (χ0v) is 9.80. The highest BCUT2D eigenvalue weighted by molar-refractivity contribution is 4.95. The van der Waals surface area contributed by atoms with Gasteiger partial charge in [0.25, 0.3) is 0 Å². The molecule has 0 saturated carbocycles. The Labute approximate surface area is 87.3 Å². The molecule has 0 aromatic rings. The van der Waals surface area contributed by atoms with Gasteiger partial charge >= 0.3 is 0 Å². The molecule has 1 heterocycles. The van der Waals surface area contributed by atoms with Crippen molar-refractivity contribution in [1.29, 1.82) is 0 Å². The predicted molar refractivity (Wildman–Crippen MR) is 58.2 cm³/mol. The average Bonchev–Trinajstić information content (AvgIpc) is 2.25. The van der Waals surface area contributed by atoms with Gasteiger partial charge in [-0.25, -0.2) is 0 Å². The normalized spacial score (nSPS) is 30.6. The second-order valence-corrected chi connectivity index (χ2v) is 4.66. The molecule has 0 N–H and O–H groups in total. The van der Waals surface area contributed by atoms with E-state index in [1.54, 1.807) is 0 Å². The fourth-order valence-corrected chi connectivity index (χ4v) is 1.95. The topological polar surface area (TPSA) is 18.5 Å². The maximum absolute atomic E-state index is 5.84. The van der Waals surface area contributed by atoms with Crippen LogP contribution in [0.25, 0.3) is 0 Å². The standard InChI is InChI=1S/C12H22O2/c1-6-7-10-11(8-9(2)3)14-12(4,5)13-10/h10-11H,2,6-8H2,1,3-5H3/t10-,11?/m0/s1. The molecule has 1 aliphatic heterocycles. The molecule has 14 heavy (non-hydrogen) atoms. The minimum Gasteiger partial charge on any atom is -0.345 e. The van der Waals surface area contributed by atoms with Crippen LogP contribution < -0.4 is 0 Å². The van der Waals surface area contributed by atoms with Crippen molar-refractivity contribution in [3.05, 3.63) is 12.2 Å². The van der Waals surface area contributed by atoms with Crippen molar-refractivity contribution in [2.75, 3.05) is 0 Å². The van der Waals surface area contributed by atoms with Gasteiger partial charge in [0.15, 0.2) is 5.79 Å². The van der Waals surface area contributed by atoms with Crippen LogP contribution in [-0.4, -0.2) is 18.0 Å². The lowest BCUT2D eigenvalue weighted by atomic mass is 10.0. The van der Waals surface area contributed by atoms with Crippen molar-refractivity contribution < 1.29 is 9.47 Å². The van der Waals surface area contributed by atoms with Crippen LogP contribution in [-0.2, 0) is 9.47 Å². The van der Waals surface area contributed by atoms with Gasteiger partial charge in [-0.05, 0) is 33.6 Å². The predicted octanol–water partition coefficient (Wildman–Crippen LogP) is 3.27. The van der Waals surface area contributed by atoms with Gasteiger partial charge in [-0.2, -0.15) is 0 Å². The third kappa shape index (κ3) is 3.10. The van der Waals surface area contributed by atoms with Gasteiger partial charge in [-0.3, -0.25) is 0 Å². The van der Waals surface area contributed by atoms with Crippen molar-refractivity contribution in [2.24, 2.45) is 0 Å². The van der Waals surface area contributed by atoms with Crippen LogP contribution in [0.5, 0.6) is 0 Å². The van der Waals surface area contributed by atoms with E-state index >= 15 is 0 Å². The fourth-order valence-electron chi connectivity index (χ4n) is 1.95. The number of hydrogen-bond acceptors (Lipinski definition) is 2. The summed E-state index contributed by atoms with van der Waals surface area (Å²) >= 11 is 0. The molecule has 2 atom stereocenters. The van der Waals surface area contributed by atoms with Gasteiger partial charge in [0.05, 0.1) is 12.2 Å². The van der Waals surface area contributed by atoms with Crippen molar-refractivity contribution in [3.63, 3.8) is 0 Å². The van der Waals surface area contributed by atoms with E-state index in [-0.39, 0.29) is 12.2 Å². The summed E-state index contributed by atoms with van der Waals surface area (Å²) in [6, 6.07) is 0. The van der Waals surface area contributed by atoms with Gasteiger partial charge in [-0.1, -0.05) is 18.9 Å². The molecule has 1 saturated heterocycles. The molecule has 0 aromatic heterocycles. The van der Waals surface area contributed by atoms with Crippen LogP contribution in [0.4, 0.5) is 0 Å². The summed E-state index contributed by atoms with van der Waals surface area (Å²) < 4.78 is 11.7. The van der Waals surface area contributed by atoms with E-state index < -0.39 is 5.79 Å². The monoisotopic (exact) mass is 198 g/mol.